The molecule has 27 heavy (non-hydrogen) atoms. The van der Waals surface area contributed by atoms with Crippen LogP contribution in [0.25, 0.3) is 0 Å². The Morgan fingerprint density at radius 3 is 2.52 bits per heavy atom. The van der Waals surface area contributed by atoms with Gasteiger partial charge in [0.1, 0.15) is 0 Å². The molecule has 1 fully saturated rings. The van der Waals surface area contributed by atoms with Crippen LogP contribution in [0.3, 0.4) is 0 Å². The van der Waals surface area contributed by atoms with Crippen LogP contribution in [-0.2, 0) is 19.8 Å². The Morgan fingerprint density at radius 1 is 1.19 bits per heavy atom. The molecule has 2 aromatic rings. The van der Waals surface area contributed by atoms with Crippen LogP contribution < -0.4 is 5.32 Å². The van der Waals surface area contributed by atoms with Gasteiger partial charge < -0.3 is 14.4 Å². The lowest BCUT2D eigenvalue weighted by molar-refractivity contribution is -0.137. The van der Waals surface area contributed by atoms with Crippen molar-refractivity contribution >= 4 is 13.3 Å². The first kappa shape index (κ1) is 19.9. The normalized spacial score (nSPS) is 24.4. The maximum absolute atomic E-state index is 13.4. The predicted molar refractivity (Wildman–Crippen MR) is 97.7 cm³/mol. The number of anilines is 1. The third-order valence-electron chi connectivity index (χ3n) is 4.33. The third kappa shape index (κ3) is 4.72. The Morgan fingerprint density at radius 2 is 1.89 bits per heavy atom. The van der Waals surface area contributed by atoms with Gasteiger partial charge in [-0.05, 0) is 44.0 Å². The molecule has 1 heterocycles. The molecule has 0 radical (unpaired) electrons. The van der Waals surface area contributed by atoms with Gasteiger partial charge in [-0.2, -0.15) is 13.2 Å². The topological polar surface area (TPSA) is 47.6 Å². The lowest BCUT2D eigenvalue weighted by Gasteiger charge is -2.34. The van der Waals surface area contributed by atoms with Gasteiger partial charge in [-0.1, -0.05) is 35.9 Å². The molecule has 8 heteroatoms. The zero-order valence-corrected chi connectivity index (χ0v) is 15.9. The van der Waals surface area contributed by atoms with E-state index in [0.29, 0.717) is 12.0 Å². The second-order valence-corrected chi connectivity index (χ2v) is 8.68. The van der Waals surface area contributed by atoms with Crippen molar-refractivity contribution in [1.82, 2.24) is 0 Å². The summed E-state index contributed by atoms with van der Waals surface area (Å²) >= 11 is 0. The molecule has 0 aliphatic carbocycles. The van der Waals surface area contributed by atoms with Gasteiger partial charge in [0.15, 0.2) is 5.78 Å². The predicted octanol–water partition coefficient (Wildman–Crippen LogP) is 6.14. The van der Waals surface area contributed by atoms with Crippen molar-refractivity contribution in [2.24, 2.45) is 0 Å². The molecule has 3 atom stereocenters. The van der Waals surface area contributed by atoms with Gasteiger partial charge in [0.25, 0.3) is 0 Å². The van der Waals surface area contributed by atoms with Crippen LogP contribution >= 0.6 is 7.60 Å². The zero-order chi connectivity index (χ0) is 19.7. The quantitative estimate of drug-likeness (QED) is 0.627. The molecular weight excluding hydrogens is 378 g/mol. The van der Waals surface area contributed by atoms with Gasteiger partial charge in [0.2, 0.25) is 0 Å². The summed E-state index contributed by atoms with van der Waals surface area (Å²) in [5.41, 5.74) is 1.03. The molecule has 3 rings (SSSR count). The van der Waals surface area contributed by atoms with E-state index in [1.807, 2.05) is 19.1 Å². The van der Waals surface area contributed by atoms with Crippen LogP contribution in [0, 0.1) is 6.92 Å². The van der Waals surface area contributed by atoms with E-state index in [1.165, 1.54) is 12.1 Å². The number of aryl methyl sites for hydroxylation is 1. The van der Waals surface area contributed by atoms with E-state index >= 15 is 0 Å². The first-order valence-corrected chi connectivity index (χ1v) is 10.2. The molecule has 4 nitrogen and oxygen atoms in total. The molecule has 1 aliphatic heterocycles. The van der Waals surface area contributed by atoms with E-state index in [2.05, 4.69) is 5.32 Å². The second kappa shape index (κ2) is 7.66. The Bertz CT molecular complexity index is 839. The summed E-state index contributed by atoms with van der Waals surface area (Å²) in [7, 11) is -3.63. The van der Waals surface area contributed by atoms with E-state index in [0.717, 1.165) is 17.7 Å². The standard InChI is InChI=1S/C19H21F3NO3P/c1-13-6-8-15(9-7-13)18(27(24)25-11-10-14(2)26-27)23-17-5-3-4-16(12-17)19(20,21)22/h3-9,12,14,18,23H,10-11H2,1-2H3/t14-,18+,27+/m0/s1. The van der Waals surface area contributed by atoms with Crippen molar-refractivity contribution in [2.75, 3.05) is 11.9 Å². The van der Waals surface area contributed by atoms with Gasteiger partial charge >= 0.3 is 13.8 Å². The van der Waals surface area contributed by atoms with Crippen molar-refractivity contribution in [1.29, 1.82) is 0 Å². The molecule has 146 valence electrons. The maximum Gasteiger partial charge on any atom is 0.416 e. The van der Waals surface area contributed by atoms with Crippen LogP contribution in [0.2, 0.25) is 0 Å². The van der Waals surface area contributed by atoms with Crippen molar-refractivity contribution in [2.45, 2.75) is 38.3 Å². The van der Waals surface area contributed by atoms with Crippen molar-refractivity contribution < 1.29 is 26.8 Å². The molecule has 1 N–H and O–H groups in total. The maximum atomic E-state index is 13.4. The highest BCUT2D eigenvalue weighted by molar-refractivity contribution is 7.54. The number of hydrogen-bond acceptors (Lipinski definition) is 4. The van der Waals surface area contributed by atoms with E-state index in [-0.39, 0.29) is 18.4 Å². The number of alkyl halides is 3. The highest BCUT2D eigenvalue weighted by atomic mass is 31.2. The summed E-state index contributed by atoms with van der Waals surface area (Å²) in [5, 5.41) is 2.94. The van der Waals surface area contributed by atoms with Crippen LogP contribution in [0.5, 0.6) is 0 Å². The van der Waals surface area contributed by atoms with Crippen molar-refractivity contribution in [3.63, 3.8) is 0 Å². The minimum Gasteiger partial charge on any atom is -0.368 e. The Kier molecular flexibility index (Phi) is 5.65. The van der Waals surface area contributed by atoms with Crippen LogP contribution in [0.4, 0.5) is 18.9 Å². The molecule has 0 unspecified atom stereocenters. The van der Waals surface area contributed by atoms with Gasteiger partial charge in [-0.15, -0.1) is 0 Å². The van der Waals surface area contributed by atoms with E-state index in [1.54, 1.807) is 19.1 Å². The highest BCUT2D eigenvalue weighted by Gasteiger charge is 2.41. The average Bonchev–Trinajstić information content (AvgIpc) is 2.60. The zero-order valence-electron chi connectivity index (χ0n) is 15.0. The lowest BCUT2D eigenvalue weighted by atomic mass is 10.1. The van der Waals surface area contributed by atoms with Crippen LogP contribution in [-0.4, -0.2) is 12.7 Å². The van der Waals surface area contributed by atoms with E-state index < -0.39 is 25.1 Å². The third-order valence-corrected chi connectivity index (χ3v) is 6.58. The molecule has 1 aliphatic rings. The average molecular weight is 399 g/mol. The summed E-state index contributed by atoms with van der Waals surface area (Å²) in [5.74, 6) is -0.913. The molecule has 1 saturated heterocycles. The fraction of sp³-hybridized carbons (Fsp3) is 0.368. The van der Waals surface area contributed by atoms with Crippen molar-refractivity contribution in [3.05, 3.63) is 65.2 Å². The molecule has 0 aromatic heterocycles. The fourth-order valence-corrected chi connectivity index (χ4v) is 5.00. The summed E-state index contributed by atoms with van der Waals surface area (Å²) in [6.07, 6.45) is -4.12. The minimum absolute atomic E-state index is 0.191. The molecule has 0 spiro atoms. The summed E-state index contributed by atoms with van der Waals surface area (Å²) in [4.78, 5) is 0. The Labute approximate surface area is 156 Å². The van der Waals surface area contributed by atoms with E-state index in [4.69, 9.17) is 9.05 Å². The minimum atomic E-state index is -4.46. The lowest BCUT2D eigenvalue weighted by Crippen LogP contribution is -2.23. The second-order valence-electron chi connectivity index (χ2n) is 6.61. The SMILES string of the molecule is Cc1ccc([C@H](Nc2cccc(C(F)(F)F)c2)[P@@]2(=O)OCC[C@H](C)O2)cc1. The summed E-state index contributed by atoms with van der Waals surface area (Å²) in [6.45, 7) is 3.98. The van der Waals surface area contributed by atoms with Gasteiger partial charge in [-0.3, -0.25) is 4.57 Å². The molecular formula is C19H21F3NO3P. The molecule has 0 amide bonds. The van der Waals surface area contributed by atoms with Gasteiger partial charge in [0, 0.05) is 5.69 Å². The van der Waals surface area contributed by atoms with E-state index in [9.17, 15) is 17.7 Å². The largest absolute Gasteiger partial charge is 0.416 e. The number of halogens is 3. The van der Waals surface area contributed by atoms with Crippen molar-refractivity contribution in [3.8, 4) is 0 Å². The first-order valence-electron chi connectivity index (χ1n) is 8.60. The van der Waals surface area contributed by atoms with Gasteiger partial charge in [0.05, 0.1) is 18.3 Å². The van der Waals surface area contributed by atoms with Crippen LogP contribution in [0.1, 0.15) is 35.8 Å². The summed E-state index contributed by atoms with van der Waals surface area (Å²) in [6, 6.07) is 12.0. The monoisotopic (exact) mass is 399 g/mol. The van der Waals surface area contributed by atoms with Crippen LogP contribution in [0.15, 0.2) is 48.5 Å². The highest BCUT2D eigenvalue weighted by Crippen LogP contribution is 2.63. The Balaban J connectivity index is 1.98. The number of benzene rings is 2. The van der Waals surface area contributed by atoms with Gasteiger partial charge in [-0.25, -0.2) is 0 Å². The number of rotatable bonds is 4. The molecule has 2 aromatic carbocycles. The smallest absolute Gasteiger partial charge is 0.368 e. The summed E-state index contributed by atoms with van der Waals surface area (Å²) < 4.78 is 63.6. The number of nitrogens with one attached hydrogen (secondary N) is 1. The number of hydrogen-bond donors (Lipinski definition) is 1. The molecule has 0 bridgehead atoms. The fourth-order valence-electron chi connectivity index (χ4n) is 2.85. The first-order chi connectivity index (χ1) is 12.7. The Hall–Kier alpha value is -1.82. The molecule has 0 saturated carbocycles.